The maximum absolute atomic E-state index is 13.9. The standard InChI is InChI=1S/C14H15ClF2O/c1-18-10-5-11(16)13(12(17)6-10)14(15)9-3-7-2-8(7)4-9/h5-9,14H,2-4H2,1H3. The van der Waals surface area contributed by atoms with Crippen LogP contribution in [0.3, 0.4) is 0 Å². The third-order valence-electron chi connectivity index (χ3n) is 4.26. The summed E-state index contributed by atoms with van der Waals surface area (Å²) >= 11 is 6.28. The summed E-state index contributed by atoms with van der Waals surface area (Å²) in [6, 6.07) is 2.40. The number of alkyl halides is 1. The van der Waals surface area contributed by atoms with Crippen molar-refractivity contribution in [3.63, 3.8) is 0 Å². The molecule has 0 aliphatic heterocycles. The molecule has 2 saturated carbocycles. The molecular formula is C14H15ClF2O. The monoisotopic (exact) mass is 272 g/mol. The van der Waals surface area contributed by atoms with Gasteiger partial charge in [0.15, 0.2) is 0 Å². The lowest BCUT2D eigenvalue weighted by atomic mass is 9.93. The van der Waals surface area contributed by atoms with E-state index < -0.39 is 17.0 Å². The van der Waals surface area contributed by atoms with Crippen LogP contribution in [0.4, 0.5) is 8.78 Å². The zero-order valence-electron chi connectivity index (χ0n) is 10.1. The molecular weight excluding hydrogens is 258 g/mol. The normalized spacial score (nSPS) is 31.0. The molecule has 98 valence electrons. The van der Waals surface area contributed by atoms with Crippen molar-refractivity contribution in [1.29, 1.82) is 0 Å². The lowest BCUT2D eigenvalue weighted by molar-refractivity contribution is 0.399. The maximum atomic E-state index is 13.9. The van der Waals surface area contributed by atoms with E-state index in [0.717, 1.165) is 24.7 Å². The number of hydrogen-bond donors (Lipinski definition) is 0. The first-order valence-corrected chi connectivity index (χ1v) is 6.70. The lowest BCUT2D eigenvalue weighted by Gasteiger charge is -2.20. The molecule has 2 fully saturated rings. The van der Waals surface area contributed by atoms with E-state index in [1.54, 1.807) is 0 Å². The highest BCUT2D eigenvalue weighted by molar-refractivity contribution is 6.21. The van der Waals surface area contributed by atoms with E-state index in [1.807, 2.05) is 0 Å². The van der Waals surface area contributed by atoms with Crippen LogP contribution in [-0.4, -0.2) is 7.11 Å². The summed E-state index contributed by atoms with van der Waals surface area (Å²) in [6.07, 6.45) is 3.28. The van der Waals surface area contributed by atoms with Crippen molar-refractivity contribution in [2.75, 3.05) is 7.11 Å². The Bertz CT molecular complexity index is 444. The zero-order chi connectivity index (χ0) is 12.9. The average Bonchev–Trinajstić information content (AvgIpc) is 2.95. The van der Waals surface area contributed by atoms with Crippen LogP contribution in [-0.2, 0) is 0 Å². The Morgan fingerprint density at radius 3 is 2.22 bits per heavy atom. The first kappa shape index (κ1) is 12.2. The van der Waals surface area contributed by atoms with Gasteiger partial charge >= 0.3 is 0 Å². The van der Waals surface area contributed by atoms with Gasteiger partial charge in [-0.25, -0.2) is 8.78 Å². The molecule has 0 amide bonds. The lowest BCUT2D eigenvalue weighted by Crippen LogP contribution is -2.10. The number of methoxy groups -OCH3 is 1. The van der Waals surface area contributed by atoms with Crippen LogP contribution in [0.1, 0.15) is 30.2 Å². The molecule has 1 aromatic rings. The Hall–Kier alpha value is -0.830. The maximum Gasteiger partial charge on any atom is 0.134 e. The van der Waals surface area contributed by atoms with E-state index in [-0.39, 0.29) is 17.2 Å². The van der Waals surface area contributed by atoms with Crippen LogP contribution in [0.15, 0.2) is 12.1 Å². The largest absolute Gasteiger partial charge is 0.497 e. The second-order valence-corrected chi connectivity index (χ2v) is 5.86. The fourth-order valence-corrected chi connectivity index (χ4v) is 3.59. The fourth-order valence-electron chi connectivity index (χ4n) is 3.18. The van der Waals surface area contributed by atoms with Gasteiger partial charge in [0.25, 0.3) is 0 Å². The van der Waals surface area contributed by atoms with Gasteiger partial charge in [0.1, 0.15) is 17.4 Å². The summed E-state index contributed by atoms with van der Waals surface area (Å²) in [4.78, 5) is 0. The Kier molecular flexibility index (Phi) is 2.97. The van der Waals surface area contributed by atoms with Gasteiger partial charge in [0.2, 0.25) is 0 Å². The van der Waals surface area contributed by atoms with Gasteiger partial charge in [0.05, 0.1) is 12.5 Å². The Balaban J connectivity index is 1.86. The first-order chi connectivity index (χ1) is 8.60. The summed E-state index contributed by atoms with van der Waals surface area (Å²) in [7, 11) is 1.39. The van der Waals surface area contributed by atoms with Crippen molar-refractivity contribution in [2.45, 2.75) is 24.6 Å². The minimum atomic E-state index is -0.604. The minimum Gasteiger partial charge on any atom is -0.497 e. The Morgan fingerprint density at radius 2 is 1.72 bits per heavy atom. The molecule has 4 heteroatoms. The molecule has 1 aromatic carbocycles. The minimum absolute atomic E-state index is 0.00349. The molecule has 0 heterocycles. The third-order valence-corrected chi connectivity index (χ3v) is 4.83. The van der Waals surface area contributed by atoms with Crippen molar-refractivity contribution in [3.8, 4) is 5.75 Å². The summed E-state index contributed by atoms with van der Waals surface area (Å²) in [5.41, 5.74) is 0.00349. The molecule has 0 N–H and O–H groups in total. The molecule has 0 radical (unpaired) electrons. The highest BCUT2D eigenvalue weighted by Crippen LogP contribution is 2.58. The van der Waals surface area contributed by atoms with Gasteiger partial charge < -0.3 is 4.74 Å². The van der Waals surface area contributed by atoms with Gasteiger partial charge in [0, 0.05) is 17.7 Å². The molecule has 3 atom stereocenters. The third kappa shape index (κ3) is 1.99. The highest BCUT2D eigenvalue weighted by atomic mass is 35.5. The topological polar surface area (TPSA) is 9.23 Å². The fraction of sp³-hybridized carbons (Fsp3) is 0.571. The summed E-state index contributed by atoms with van der Waals surface area (Å²) < 4.78 is 32.6. The SMILES string of the molecule is COc1cc(F)c(C(Cl)C2CC3CC3C2)c(F)c1. The van der Waals surface area contributed by atoms with Crippen LogP contribution < -0.4 is 4.74 Å². The van der Waals surface area contributed by atoms with Gasteiger partial charge in [-0.15, -0.1) is 11.6 Å². The second kappa shape index (κ2) is 4.37. The van der Waals surface area contributed by atoms with Crippen molar-refractivity contribution in [2.24, 2.45) is 17.8 Å². The van der Waals surface area contributed by atoms with E-state index in [4.69, 9.17) is 16.3 Å². The van der Waals surface area contributed by atoms with Crippen LogP contribution >= 0.6 is 11.6 Å². The van der Waals surface area contributed by atoms with Crippen LogP contribution in [0.2, 0.25) is 0 Å². The molecule has 0 bridgehead atoms. The summed E-state index contributed by atoms with van der Waals surface area (Å²) in [6.45, 7) is 0. The van der Waals surface area contributed by atoms with Crippen molar-refractivity contribution < 1.29 is 13.5 Å². The first-order valence-electron chi connectivity index (χ1n) is 6.27. The van der Waals surface area contributed by atoms with Crippen molar-refractivity contribution in [1.82, 2.24) is 0 Å². The molecule has 0 spiro atoms. The Morgan fingerprint density at radius 1 is 1.17 bits per heavy atom. The molecule has 0 aromatic heterocycles. The van der Waals surface area contributed by atoms with Crippen LogP contribution in [0.25, 0.3) is 0 Å². The molecule has 2 aliphatic carbocycles. The summed E-state index contributed by atoms with van der Waals surface area (Å²) in [5, 5.41) is -0.566. The van der Waals surface area contributed by atoms with Crippen LogP contribution in [0.5, 0.6) is 5.75 Å². The summed E-state index contributed by atoms with van der Waals surface area (Å²) in [5.74, 6) is 0.681. The predicted octanol–water partition coefficient (Wildman–Crippen LogP) is 4.30. The van der Waals surface area contributed by atoms with Crippen molar-refractivity contribution >= 4 is 11.6 Å². The number of rotatable bonds is 3. The average molecular weight is 273 g/mol. The number of ether oxygens (including phenoxy) is 1. The van der Waals surface area contributed by atoms with E-state index >= 15 is 0 Å². The quantitative estimate of drug-likeness (QED) is 0.746. The molecule has 3 rings (SSSR count). The van der Waals surface area contributed by atoms with E-state index in [2.05, 4.69) is 0 Å². The molecule has 2 aliphatic rings. The highest BCUT2D eigenvalue weighted by Gasteiger charge is 2.48. The molecule has 3 unspecified atom stereocenters. The smallest absolute Gasteiger partial charge is 0.134 e. The predicted molar refractivity (Wildman–Crippen MR) is 65.8 cm³/mol. The second-order valence-electron chi connectivity index (χ2n) is 5.39. The number of hydrogen-bond acceptors (Lipinski definition) is 1. The van der Waals surface area contributed by atoms with E-state index in [1.165, 1.54) is 25.7 Å². The molecule has 1 nitrogen and oxygen atoms in total. The van der Waals surface area contributed by atoms with Gasteiger partial charge in [-0.3, -0.25) is 0 Å². The van der Waals surface area contributed by atoms with Gasteiger partial charge in [-0.2, -0.15) is 0 Å². The van der Waals surface area contributed by atoms with Gasteiger partial charge in [-0.05, 0) is 37.0 Å². The number of halogens is 3. The van der Waals surface area contributed by atoms with E-state index in [9.17, 15) is 8.78 Å². The van der Waals surface area contributed by atoms with Crippen molar-refractivity contribution in [3.05, 3.63) is 29.3 Å². The number of benzene rings is 1. The van der Waals surface area contributed by atoms with Gasteiger partial charge in [-0.1, -0.05) is 0 Å². The molecule has 0 saturated heterocycles. The Labute approximate surface area is 110 Å². The van der Waals surface area contributed by atoms with Crippen LogP contribution in [0, 0.1) is 29.4 Å². The zero-order valence-corrected chi connectivity index (χ0v) is 10.9. The number of fused-ring (bicyclic) bond motifs is 1. The molecule has 18 heavy (non-hydrogen) atoms. The van der Waals surface area contributed by atoms with E-state index in [0.29, 0.717) is 0 Å².